The molecule has 0 radical (unpaired) electrons. The van der Waals surface area contributed by atoms with Crippen LogP contribution in [0.1, 0.15) is 25.3 Å². The van der Waals surface area contributed by atoms with Gasteiger partial charge in [-0.2, -0.15) is 0 Å². The van der Waals surface area contributed by atoms with Crippen LogP contribution in [0.2, 0.25) is 0 Å². The number of rotatable bonds is 1. The molecule has 0 aliphatic heterocycles. The van der Waals surface area contributed by atoms with Gasteiger partial charge in [-0.3, -0.25) is 4.98 Å². The van der Waals surface area contributed by atoms with Gasteiger partial charge in [0.25, 0.3) is 0 Å². The van der Waals surface area contributed by atoms with E-state index < -0.39 is 0 Å². The first-order valence-electron chi connectivity index (χ1n) is 5.52. The van der Waals surface area contributed by atoms with Crippen molar-refractivity contribution in [1.29, 1.82) is 0 Å². The van der Waals surface area contributed by atoms with Crippen molar-refractivity contribution in [2.75, 3.05) is 0 Å². The molecule has 3 aromatic rings. The monoisotopic (exact) mass is 227 g/mol. The Hall–Kier alpha value is -1.41. The molecular weight excluding hydrogens is 214 g/mol. The molecule has 0 aliphatic carbocycles. The zero-order valence-electron chi connectivity index (χ0n) is 9.40. The zero-order valence-corrected chi connectivity index (χ0v) is 10.2. The smallest absolute Gasteiger partial charge is 0.0386 e. The molecule has 0 atom stereocenters. The van der Waals surface area contributed by atoms with Gasteiger partial charge in [0.15, 0.2) is 0 Å². The second kappa shape index (κ2) is 3.56. The highest BCUT2D eigenvalue weighted by Crippen LogP contribution is 2.34. The lowest BCUT2D eigenvalue weighted by molar-refractivity contribution is 0.869. The third kappa shape index (κ3) is 1.41. The molecule has 80 valence electrons. The number of hydrogen-bond acceptors (Lipinski definition) is 2. The van der Waals surface area contributed by atoms with E-state index in [0.717, 1.165) is 0 Å². The highest BCUT2D eigenvalue weighted by atomic mass is 32.1. The molecule has 0 saturated heterocycles. The van der Waals surface area contributed by atoms with Crippen LogP contribution in [0.15, 0.2) is 36.7 Å². The van der Waals surface area contributed by atoms with E-state index in [4.69, 9.17) is 0 Å². The van der Waals surface area contributed by atoms with Crippen LogP contribution in [-0.2, 0) is 0 Å². The minimum absolute atomic E-state index is 0.590. The molecule has 2 heterocycles. The molecular formula is C14H13NS. The van der Waals surface area contributed by atoms with Crippen LogP contribution < -0.4 is 0 Å². The normalized spacial score (nSPS) is 11.7. The summed E-state index contributed by atoms with van der Waals surface area (Å²) in [6, 6.07) is 8.86. The number of pyridine rings is 1. The number of benzene rings is 1. The van der Waals surface area contributed by atoms with E-state index in [9.17, 15) is 0 Å². The summed E-state index contributed by atoms with van der Waals surface area (Å²) in [5.41, 5.74) is 1.41. The Bertz CT molecular complexity index is 652. The summed E-state index contributed by atoms with van der Waals surface area (Å²) in [6.07, 6.45) is 3.82. The summed E-state index contributed by atoms with van der Waals surface area (Å²) >= 11 is 1.85. The van der Waals surface area contributed by atoms with Crippen molar-refractivity contribution in [3.8, 4) is 0 Å². The number of fused-ring (bicyclic) bond motifs is 3. The fourth-order valence-corrected chi connectivity index (χ4v) is 3.12. The average Bonchev–Trinajstić information content (AvgIpc) is 2.66. The van der Waals surface area contributed by atoms with Gasteiger partial charge < -0.3 is 0 Å². The lowest BCUT2D eigenvalue weighted by Crippen LogP contribution is -1.84. The molecule has 1 nitrogen and oxygen atoms in total. The zero-order chi connectivity index (χ0) is 11.1. The van der Waals surface area contributed by atoms with Crippen LogP contribution >= 0.6 is 11.3 Å². The molecule has 0 amide bonds. The highest BCUT2D eigenvalue weighted by molar-refractivity contribution is 7.25. The van der Waals surface area contributed by atoms with Crippen molar-refractivity contribution in [1.82, 2.24) is 4.98 Å². The number of aromatic nitrogens is 1. The van der Waals surface area contributed by atoms with Gasteiger partial charge in [-0.25, -0.2) is 0 Å². The molecule has 0 saturated carbocycles. The van der Waals surface area contributed by atoms with Gasteiger partial charge in [0.2, 0.25) is 0 Å². The summed E-state index contributed by atoms with van der Waals surface area (Å²) in [6.45, 7) is 4.46. The molecule has 0 N–H and O–H groups in total. The summed E-state index contributed by atoms with van der Waals surface area (Å²) < 4.78 is 2.69. The van der Waals surface area contributed by atoms with Gasteiger partial charge in [0, 0.05) is 32.6 Å². The van der Waals surface area contributed by atoms with Crippen molar-refractivity contribution in [3.05, 3.63) is 42.2 Å². The van der Waals surface area contributed by atoms with Gasteiger partial charge in [-0.1, -0.05) is 26.0 Å². The Morgan fingerprint density at radius 2 is 1.94 bits per heavy atom. The maximum atomic E-state index is 4.20. The maximum absolute atomic E-state index is 4.20. The lowest BCUT2D eigenvalue weighted by Gasteiger charge is -2.04. The van der Waals surface area contributed by atoms with E-state index in [1.165, 1.54) is 25.7 Å². The average molecular weight is 227 g/mol. The van der Waals surface area contributed by atoms with Gasteiger partial charge in [-0.15, -0.1) is 11.3 Å². The van der Waals surface area contributed by atoms with E-state index >= 15 is 0 Å². The van der Waals surface area contributed by atoms with Crippen molar-refractivity contribution < 1.29 is 0 Å². The molecule has 1 aromatic carbocycles. The largest absolute Gasteiger partial charge is 0.264 e. The second-order valence-electron chi connectivity index (χ2n) is 4.38. The van der Waals surface area contributed by atoms with Crippen LogP contribution in [0.4, 0.5) is 0 Å². The Labute approximate surface area is 98.7 Å². The van der Waals surface area contributed by atoms with Crippen molar-refractivity contribution in [2.45, 2.75) is 19.8 Å². The first kappa shape index (κ1) is 9.79. The Kier molecular flexibility index (Phi) is 2.18. The van der Waals surface area contributed by atoms with E-state index in [1.54, 1.807) is 0 Å². The maximum Gasteiger partial charge on any atom is 0.0386 e. The van der Waals surface area contributed by atoms with E-state index in [1.807, 2.05) is 23.7 Å². The quantitative estimate of drug-likeness (QED) is 0.593. The predicted octanol–water partition coefficient (Wildman–Crippen LogP) is 4.57. The Balaban J connectivity index is 2.37. The van der Waals surface area contributed by atoms with Gasteiger partial charge in [0.1, 0.15) is 0 Å². The standard InChI is InChI=1S/C14H13NS/c1-9(2)10-3-4-11-12-8-15-6-5-13(12)16-14(11)7-10/h3-9H,1-2H3. The SMILES string of the molecule is CC(C)c1ccc2c(c1)sc1ccncc12. The van der Waals surface area contributed by atoms with E-state index in [0.29, 0.717) is 5.92 Å². The molecule has 2 aromatic heterocycles. The van der Waals surface area contributed by atoms with Crippen molar-refractivity contribution in [3.63, 3.8) is 0 Å². The van der Waals surface area contributed by atoms with Gasteiger partial charge in [0.05, 0.1) is 0 Å². The predicted molar refractivity (Wildman–Crippen MR) is 71.2 cm³/mol. The molecule has 0 fully saturated rings. The van der Waals surface area contributed by atoms with Gasteiger partial charge in [-0.05, 0) is 23.6 Å². The van der Waals surface area contributed by atoms with E-state index in [-0.39, 0.29) is 0 Å². The summed E-state index contributed by atoms with van der Waals surface area (Å²) in [5, 5.41) is 2.61. The molecule has 0 bridgehead atoms. The molecule has 16 heavy (non-hydrogen) atoms. The summed E-state index contributed by atoms with van der Waals surface area (Å²) in [7, 11) is 0. The molecule has 2 heteroatoms. The fraction of sp³-hybridized carbons (Fsp3) is 0.214. The van der Waals surface area contributed by atoms with E-state index in [2.05, 4.69) is 43.1 Å². The van der Waals surface area contributed by atoms with Crippen molar-refractivity contribution >= 4 is 31.5 Å². The minimum Gasteiger partial charge on any atom is -0.264 e. The van der Waals surface area contributed by atoms with Crippen molar-refractivity contribution in [2.24, 2.45) is 0 Å². The van der Waals surface area contributed by atoms with Gasteiger partial charge >= 0.3 is 0 Å². The third-order valence-corrected chi connectivity index (χ3v) is 4.10. The Morgan fingerprint density at radius 3 is 2.75 bits per heavy atom. The summed E-state index contributed by atoms with van der Waals surface area (Å²) in [4.78, 5) is 4.20. The van der Waals surface area contributed by atoms with Crippen LogP contribution in [0.3, 0.4) is 0 Å². The molecule has 3 rings (SSSR count). The first-order chi connectivity index (χ1) is 7.75. The fourth-order valence-electron chi connectivity index (χ4n) is 2.00. The van der Waals surface area contributed by atoms with Crippen LogP contribution in [0.5, 0.6) is 0 Å². The number of hydrogen-bond donors (Lipinski definition) is 0. The first-order valence-corrected chi connectivity index (χ1v) is 6.33. The topological polar surface area (TPSA) is 12.9 Å². The highest BCUT2D eigenvalue weighted by Gasteiger charge is 2.06. The molecule has 0 spiro atoms. The molecule has 0 aliphatic rings. The van der Waals surface area contributed by atoms with Crippen LogP contribution in [0.25, 0.3) is 20.2 Å². The lowest BCUT2D eigenvalue weighted by atomic mass is 10.0. The van der Waals surface area contributed by atoms with Crippen LogP contribution in [-0.4, -0.2) is 4.98 Å². The third-order valence-electron chi connectivity index (χ3n) is 2.96. The molecule has 0 unspecified atom stereocenters. The number of nitrogens with zero attached hydrogens (tertiary/aromatic N) is 1. The Morgan fingerprint density at radius 1 is 1.06 bits per heavy atom. The second-order valence-corrected chi connectivity index (χ2v) is 5.47. The summed E-state index contributed by atoms with van der Waals surface area (Å²) in [5.74, 6) is 0.590. The number of thiophene rings is 1. The minimum atomic E-state index is 0.590. The van der Waals surface area contributed by atoms with Crippen LogP contribution in [0, 0.1) is 0 Å².